The van der Waals surface area contributed by atoms with Crippen LogP contribution in [0.1, 0.15) is 0 Å². The van der Waals surface area contributed by atoms with E-state index in [2.05, 4.69) is 99.8 Å². The van der Waals surface area contributed by atoms with Crippen LogP contribution in [0.5, 0.6) is 0 Å². The number of benzene rings is 4. The lowest BCUT2D eigenvalue weighted by atomic mass is 10.1. The highest BCUT2D eigenvalue weighted by Crippen LogP contribution is 2.42. The van der Waals surface area contributed by atoms with Gasteiger partial charge in [0.05, 0.1) is 44.1 Å². The van der Waals surface area contributed by atoms with E-state index in [4.69, 9.17) is 4.98 Å². The summed E-state index contributed by atoms with van der Waals surface area (Å²) in [6.07, 6.45) is 0. The Kier molecular flexibility index (Phi) is 2.37. The van der Waals surface area contributed by atoms with Crippen LogP contribution in [0.4, 0.5) is 0 Å². The molecule has 5 aromatic heterocycles. The van der Waals surface area contributed by atoms with E-state index in [-0.39, 0.29) is 0 Å². The lowest BCUT2D eigenvalue weighted by molar-refractivity contribution is 1.33. The number of para-hydroxylation sites is 4. The minimum atomic E-state index is 1.09. The van der Waals surface area contributed by atoms with E-state index in [1.807, 2.05) is 0 Å². The molecular formula is C29H15N3. The van der Waals surface area contributed by atoms with E-state index in [9.17, 15) is 0 Å². The molecule has 0 unspecified atom stereocenters. The van der Waals surface area contributed by atoms with Crippen molar-refractivity contribution in [1.82, 2.24) is 13.8 Å². The number of aromatic nitrogens is 3. The van der Waals surface area contributed by atoms with E-state index in [0.717, 1.165) is 11.0 Å². The van der Waals surface area contributed by atoms with E-state index in [1.54, 1.807) is 0 Å². The third-order valence-corrected chi connectivity index (χ3v) is 7.36. The number of rotatable bonds is 0. The quantitative estimate of drug-likeness (QED) is 0.258. The normalized spacial score (nSPS) is 13.0. The minimum absolute atomic E-state index is 1.09. The topological polar surface area (TPSA) is 21.7 Å². The fraction of sp³-hybridized carbons (Fsp3) is 0. The van der Waals surface area contributed by atoms with Crippen molar-refractivity contribution >= 4 is 76.5 Å². The largest absolute Gasteiger partial charge is 0.306 e. The van der Waals surface area contributed by atoms with Gasteiger partial charge in [0.1, 0.15) is 0 Å². The Morgan fingerprint density at radius 3 is 1.38 bits per heavy atom. The van der Waals surface area contributed by atoms with Crippen LogP contribution in [0.15, 0.2) is 91.0 Å². The smallest absolute Gasteiger partial charge is 0.0972 e. The monoisotopic (exact) mass is 405 g/mol. The zero-order valence-electron chi connectivity index (χ0n) is 17.0. The number of hydrogen-bond acceptors (Lipinski definition) is 1. The second kappa shape index (κ2) is 4.92. The average Bonchev–Trinajstić information content (AvgIpc) is 3.56. The Morgan fingerprint density at radius 1 is 0.406 bits per heavy atom. The van der Waals surface area contributed by atoms with Crippen LogP contribution < -0.4 is 0 Å². The van der Waals surface area contributed by atoms with Crippen molar-refractivity contribution in [2.45, 2.75) is 0 Å². The van der Waals surface area contributed by atoms with Crippen LogP contribution in [-0.4, -0.2) is 13.8 Å². The number of hydrogen-bond donors (Lipinski definition) is 0. The molecule has 0 aliphatic carbocycles. The molecule has 5 heterocycles. The molecule has 0 fully saturated rings. The highest BCUT2D eigenvalue weighted by Gasteiger charge is 2.22. The summed E-state index contributed by atoms with van der Waals surface area (Å²) in [5, 5.41) is 7.64. The maximum atomic E-state index is 5.33. The van der Waals surface area contributed by atoms with E-state index in [0.29, 0.717) is 0 Å². The third-order valence-electron chi connectivity index (χ3n) is 7.36. The highest BCUT2D eigenvalue weighted by molar-refractivity contribution is 6.26. The third kappa shape index (κ3) is 1.51. The van der Waals surface area contributed by atoms with Gasteiger partial charge >= 0.3 is 0 Å². The van der Waals surface area contributed by atoms with Gasteiger partial charge < -0.3 is 8.80 Å². The van der Waals surface area contributed by atoms with Crippen molar-refractivity contribution in [3.05, 3.63) is 91.0 Å². The first-order valence-corrected chi connectivity index (χ1v) is 11.0. The van der Waals surface area contributed by atoms with Crippen LogP contribution in [-0.2, 0) is 0 Å². The Labute approximate surface area is 181 Å². The lowest BCUT2D eigenvalue weighted by Crippen LogP contribution is -1.85. The van der Waals surface area contributed by atoms with E-state index >= 15 is 0 Å². The Bertz CT molecular complexity index is 2040. The molecule has 0 saturated carbocycles. The first kappa shape index (κ1) is 15.4. The summed E-state index contributed by atoms with van der Waals surface area (Å²) >= 11 is 0. The first-order valence-electron chi connectivity index (χ1n) is 11.0. The molecule has 146 valence electrons. The molecule has 0 radical (unpaired) electrons. The van der Waals surface area contributed by atoms with Gasteiger partial charge in [0.25, 0.3) is 0 Å². The van der Waals surface area contributed by atoms with Crippen LogP contribution in [0, 0.1) is 0 Å². The molecule has 0 saturated heterocycles. The molecule has 0 atom stereocenters. The van der Waals surface area contributed by atoms with Gasteiger partial charge in [-0.2, -0.15) is 0 Å². The Hall–Kier alpha value is -4.37. The SMILES string of the molecule is c1ccc2c(c1)c1cccc3c4nc5c6cccc7c8ccccc8n(c5cc4n2c13)c76. The predicted octanol–water partition coefficient (Wildman–Crippen LogP) is 7.38. The molecule has 0 aliphatic rings. The van der Waals surface area contributed by atoms with Crippen LogP contribution in [0.25, 0.3) is 76.5 Å². The number of pyridine rings is 1. The van der Waals surface area contributed by atoms with Crippen LogP contribution in [0.2, 0.25) is 0 Å². The van der Waals surface area contributed by atoms with E-state index < -0.39 is 0 Å². The molecule has 4 aromatic carbocycles. The van der Waals surface area contributed by atoms with Crippen molar-refractivity contribution in [2.75, 3.05) is 0 Å². The van der Waals surface area contributed by atoms with Gasteiger partial charge in [-0.3, -0.25) is 0 Å². The van der Waals surface area contributed by atoms with E-state index in [1.165, 1.54) is 65.4 Å². The van der Waals surface area contributed by atoms with Crippen molar-refractivity contribution in [3.8, 4) is 0 Å². The second-order valence-electron chi connectivity index (χ2n) is 8.83. The zero-order valence-corrected chi connectivity index (χ0v) is 17.0. The van der Waals surface area contributed by atoms with Crippen molar-refractivity contribution in [2.24, 2.45) is 0 Å². The average molecular weight is 405 g/mol. The molecule has 32 heavy (non-hydrogen) atoms. The molecule has 3 heteroatoms. The minimum Gasteiger partial charge on any atom is -0.306 e. The lowest BCUT2D eigenvalue weighted by Gasteiger charge is -2.00. The van der Waals surface area contributed by atoms with Crippen molar-refractivity contribution in [1.29, 1.82) is 0 Å². The highest BCUT2D eigenvalue weighted by atomic mass is 15.0. The summed E-state index contributed by atoms with van der Waals surface area (Å²) in [6.45, 7) is 0. The van der Waals surface area contributed by atoms with Crippen molar-refractivity contribution < 1.29 is 0 Å². The fourth-order valence-electron chi connectivity index (χ4n) is 6.15. The molecule has 9 aromatic rings. The summed E-state index contributed by atoms with van der Waals surface area (Å²) in [5.74, 6) is 0. The van der Waals surface area contributed by atoms with Crippen molar-refractivity contribution in [3.63, 3.8) is 0 Å². The summed E-state index contributed by atoms with van der Waals surface area (Å²) in [4.78, 5) is 5.33. The molecule has 9 rings (SSSR count). The molecule has 0 N–H and O–H groups in total. The molecular weight excluding hydrogens is 390 g/mol. The van der Waals surface area contributed by atoms with Gasteiger partial charge in [-0.25, -0.2) is 4.98 Å². The maximum Gasteiger partial charge on any atom is 0.0972 e. The summed E-state index contributed by atoms with van der Waals surface area (Å²) < 4.78 is 4.82. The fourth-order valence-corrected chi connectivity index (χ4v) is 6.15. The molecule has 0 aliphatic heterocycles. The summed E-state index contributed by atoms with van der Waals surface area (Å²) in [6, 6.07) is 33.0. The standard InChI is InChI=1S/C29H15N3/c1-3-13-22-16(7-1)18-9-5-11-20-26-24(31(22)28(18)20)15-25-27(30-26)21-12-6-10-19-17-8-2-4-14-23(17)32(25)29(19)21/h1-15H. The second-order valence-corrected chi connectivity index (χ2v) is 8.83. The van der Waals surface area contributed by atoms with Crippen LogP contribution >= 0.6 is 0 Å². The number of nitrogens with zero attached hydrogens (tertiary/aromatic N) is 3. The first-order chi connectivity index (χ1) is 15.9. The maximum absolute atomic E-state index is 5.33. The summed E-state index contributed by atoms with van der Waals surface area (Å²) in [7, 11) is 0. The molecule has 0 amide bonds. The van der Waals surface area contributed by atoms with Gasteiger partial charge in [-0.1, -0.05) is 72.8 Å². The van der Waals surface area contributed by atoms with Gasteiger partial charge in [0.2, 0.25) is 0 Å². The molecule has 0 bridgehead atoms. The van der Waals surface area contributed by atoms with Gasteiger partial charge in [-0.05, 0) is 18.2 Å². The molecule has 3 nitrogen and oxygen atoms in total. The van der Waals surface area contributed by atoms with Gasteiger partial charge in [0.15, 0.2) is 0 Å². The zero-order chi connectivity index (χ0) is 20.6. The van der Waals surface area contributed by atoms with Gasteiger partial charge in [0, 0.05) is 32.3 Å². The summed E-state index contributed by atoms with van der Waals surface area (Å²) in [5.41, 5.74) is 9.56. The Balaban J connectivity index is 1.64. The van der Waals surface area contributed by atoms with Crippen LogP contribution in [0.3, 0.4) is 0 Å². The molecule has 0 spiro atoms. The van der Waals surface area contributed by atoms with Gasteiger partial charge in [-0.15, -0.1) is 0 Å². The number of fused-ring (bicyclic) bond motifs is 12. The Morgan fingerprint density at radius 2 is 0.844 bits per heavy atom. The predicted molar refractivity (Wildman–Crippen MR) is 134 cm³/mol.